The molecule has 0 saturated heterocycles. The summed E-state index contributed by atoms with van der Waals surface area (Å²) in [6.45, 7) is 0. The molecule has 110 valence electrons. The lowest BCUT2D eigenvalue weighted by Crippen LogP contribution is -2.16. The molecule has 6 heteroatoms. The Hall–Kier alpha value is -1.44. The predicted molar refractivity (Wildman–Crippen MR) is 101 cm³/mol. The van der Waals surface area contributed by atoms with Crippen molar-refractivity contribution in [3.8, 4) is 0 Å². The zero-order valence-electron chi connectivity index (χ0n) is 11.2. The summed E-state index contributed by atoms with van der Waals surface area (Å²) >= 11 is 9.85. The lowest BCUT2D eigenvalue weighted by Gasteiger charge is -1.98. The van der Waals surface area contributed by atoms with Crippen LogP contribution in [0.3, 0.4) is 0 Å². The Morgan fingerprint density at radius 1 is 1.18 bits per heavy atom. The third-order valence-corrected chi connectivity index (χ3v) is 5.67. The molecule has 1 N–H and O–H groups in total. The van der Waals surface area contributed by atoms with Crippen LogP contribution in [0, 0.1) is 3.57 Å². The summed E-state index contributed by atoms with van der Waals surface area (Å²) in [7, 11) is 0. The molecule has 22 heavy (non-hydrogen) atoms. The summed E-state index contributed by atoms with van der Waals surface area (Å²) in [5, 5.41) is 5.37. The number of benzene rings is 2. The van der Waals surface area contributed by atoms with Crippen molar-refractivity contribution in [2.45, 2.75) is 0 Å². The maximum Gasteiger partial charge on any atom is 0.283 e. The summed E-state index contributed by atoms with van der Waals surface area (Å²) in [6.07, 6.45) is 1.63. The number of hydrogen-bond donors (Lipinski definition) is 1. The van der Waals surface area contributed by atoms with Gasteiger partial charge in [0, 0.05) is 19.2 Å². The van der Waals surface area contributed by atoms with Crippen molar-refractivity contribution in [2.24, 2.45) is 5.10 Å². The highest BCUT2D eigenvalue weighted by atomic mass is 127. The summed E-state index contributed by atoms with van der Waals surface area (Å²) in [5.41, 5.74) is 3.48. The average Bonchev–Trinajstić information content (AvgIpc) is 2.87. The monoisotopic (exact) mass is 440 g/mol. The van der Waals surface area contributed by atoms with Gasteiger partial charge in [-0.05, 0) is 34.7 Å². The topological polar surface area (TPSA) is 41.5 Å². The smallest absolute Gasteiger partial charge is 0.266 e. The van der Waals surface area contributed by atoms with Crippen LogP contribution < -0.4 is 5.43 Å². The summed E-state index contributed by atoms with van der Waals surface area (Å²) in [6, 6.07) is 15.5. The molecule has 0 aliphatic carbocycles. The molecule has 0 aliphatic heterocycles. The second kappa shape index (κ2) is 6.76. The van der Waals surface area contributed by atoms with E-state index in [4.69, 9.17) is 11.6 Å². The first-order chi connectivity index (χ1) is 10.7. The van der Waals surface area contributed by atoms with Crippen molar-refractivity contribution in [1.29, 1.82) is 0 Å². The van der Waals surface area contributed by atoms with Gasteiger partial charge >= 0.3 is 0 Å². The van der Waals surface area contributed by atoms with E-state index in [-0.39, 0.29) is 5.91 Å². The van der Waals surface area contributed by atoms with E-state index < -0.39 is 0 Å². The first-order valence-electron chi connectivity index (χ1n) is 6.42. The van der Waals surface area contributed by atoms with Crippen molar-refractivity contribution in [2.75, 3.05) is 0 Å². The van der Waals surface area contributed by atoms with Crippen LogP contribution in [-0.4, -0.2) is 12.1 Å². The van der Waals surface area contributed by atoms with Crippen LogP contribution in [0.2, 0.25) is 5.02 Å². The molecule has 3 rings (SSSR count). The number of hydrazone groups is 1. The van der Waals surface area contributed by atoms with Crippen LogP contribution in [0.15, 0.2) is 53.6 Å². The number of hydrogen-bond acceptors (Lipinski definition) is 3. The Morgan fingerprint density at radius 3 is 2.68 bits per heavy atom. The van der Waals surface area contributed by atoms with Gasteiger partial charge < -0.3 is 0 Å². The van der Waals surface area contributed by atoms with E-state index in [1.54, 1.807) is 6.21 Å². The van der Waals surface area contributed by atoms with Gasteiger partial charge in [-0.1, -0.05) is 48.0 Å². The maximum atomic E-state index is 12.2. The normalized spacial score (nSPS) is 11.2. The maximum absolute atomic E-state index is 12.2. The molecule has 1 aromatic heterocycles. The first-order valence-corrected chi connectivity index (χ1v) is 8.69. The van der Waals surface area contributed by atoms with Crippen LogP contribution in [-0.2, 0) is 0 Å². The van der Waals surface area contributed by atoms with Crippen molar-refractivity contribution in [3.63, 3.8) is 0 Å². The first kappa shape index (κ1) is 15.5. The van der Waals surface area contributed by atoms with Gasteiger partial charge in [-0.25, -0.2) is 5.43 Å². The summed E-state index contributed by atoms with van der Waals surface area (Å²) < 4.78 is 2.05. The molecule has 2 aromatic carbocycles. The van der Waals surface area contributed by atoms with Gasteiger partial charge in [-0.3, -0.25) is 4.79 Å². The quantitative estimate of drug-likeness (QED) is 0.350. The highest BCUT2D eigenvalue weighted by Gasteiger charge is 2.16. The minimum absolute atomic E-state index is 0.298. The zero-order chi connectivity index (χ0) is 15.5. The molecule has 0 unspecified atom stereocenters. The molecule has 3 aromatic rings. The number of carbonyl (C=O) groups is 1. The predicted octanol–water partition coefficient (Wildman–Crippen LogP) is 4.92. The van der Waals surface area contributed by atoms with E-state index in [0.717, 1.165) is 19.2 Å². The van der Waals surface area contributed by atoms with E-state index >= 15 is 0 Å². The minimum Gasteiger partial charge on any atom is -0.266 e. The number of halogens is 2. The molecule has 0 bridgehead atoms. The molecule has 3 nitrogen and oxygen atoms in total. The van der Waals surface area contributed by atoms with E-state index in [1.807, 2.05) is 48.5 Å². The van der Waals surface area contributed by atoms with E-state index in [9.17, 15) is 4.79 Å². The average molecular weight is 441 g/mol. The molecule has 0 spiro atoms. The van der Waals surface area contributed by atoms with Gasteiger partial charge in [0.25, 0.3) is 5.91 Å². The van der Waals surface area contributed by atoms with Crippen molar-refractivity contribution >= 4 is 67.7 Å². The SMILES string of the molecule is O=C(N/N=C/c1ccccc1I)c1sc2ccccc2c1Cl. The standard InChI is InChI=1S/C16H10ClIN2OS/c17-14-11-6-2-4-8-13(11)22-15(14)16(21)20-19-9-10-5-1-3-7-12(10)18/h1-9H,(H,20,21)/b19-9+. The van der Waals surface area contributed by atoms with Crippen LogP contribution >= 0.6 is 45.5 Å². The molecular formula is C16H10ClIN2OS. The second-order valence-electron chi connectivity index (χ2n) is 4.46. The number of nitrogens with one attached hydrogen (secondary N) is 1. The van der Waals surface area contributed by atoms with Crippen LogP contribution in [0.1, 0.15) is 15.2 Å². The van der Waals surface area contributed by atoms with Crippen molar-refractivity contribution in [3.05, 3.63) is 67.6 Å². The number of thiophene rings is 1. The molecule has 1 amide bonds. The minimum atomic E-state index is -0.298. The third-order valence-electron chi connectivity index (χ3n) is 3.02. The molecule has 0 fully saturated rings. The van der Waals surface area contributed by atoms with Gasteiger partial charge in [0.1, 0.15) is 4.88 Å². The molecule has 0 atom stereocenters. The molecule has 0 radical (unpaired) electrons. The molecular weight excluding hydrogens is 431 g/mol. The highest BCUT2D eigenvalue weighted by Crippen LogP contribution is 2.34. The van der Waals surface area contributed by atoms with Gasteiger partial charge in [-0.2, -0.15) is 5.10 Å². The van der Waals surface area contributed by atoms with Gasteiger partial charge in [0.15, 0.2) is 0 Å². The fourth-order valence-electron chi connectivity index (χ4n) is 1.95. The van der Waals surface area contributed by atoms with Crippen molar-refractivity contribution in [1.82, 2.24) is 5.43 Å². The Labute approximate surface area is 150 Å². The number of rotatable bonds is 3. The van der Waals surface area contributed by atoms with Gasteiger partial charge in [-0.15, -0.1) is 11.3 Å². The zero-order valence-corrected chi connectivity index (χ0v) is 14.9. The third kappa shape index (κ3) is 3.16. The highest BCUT2D eigenvalue weighted by molar-refractivity contribution is 14.1. The fraction of sp³-hybridized carbons (Fsp3) is 0. The summed E-state index contributed by atoms with van der Waals surface area (Å²) in [4.78, 5) is 12.7. The Morgan fingerprint density at radius 2 is 1.91 bits per heavy atom. The number of nitrogens with zero attached hydrogens (tertiary/aromatic N) is 1. The van der Waals surface area contributed by atoms with Crippen LogP contribution in [0.25, 0.3) is 10.1 Å². The van der Waals surface area contributed by atoms with Crippen molar-refractivity contribution < 1.29 is 4.79 Å². The lowest BCUT2D eigenvalue weighted by molar-refractivity contribution is 0.0959. The second-order valence-corrected chi connectivity index (χ2v) is 7.05. The number of amides is 1. The van der Waals surface area contributed by atoms with Crippen LogP contribution in [0.5, 0.6) is 0 Å². The molecule has 0 saturated carbocycles. The lowest BCUT2D eigenvalue weighted by atomic mass is 10.2. The van der Waals surface area contributed by atoms with E-state index in [0.29, 0.717) is 9.90 Å². The Balaban J connectivity index is 1.79. The largest absolute Gasteiger partial charge is 0.283 e. The number of carbonyl (C=O) groups excluding carboxylic acids is 1. The van der Waals surface area contributed by atoms with Crippen LogP contribution in [0.4, 0.5) is 0 Å². The van der Waals surface area contributed by atoms with Gasteiger partial charge in [0.05, 0.1) is 11.2 Å². The Bertz CT molecular complexity index is 875. The van der Waals surface area contributed by atoms with E-state index in [1.165, 1.54) is 11.3 Å². The Kier molecular flexibility index (Phi) is 4.75. The molecule has 0 aliphatic rings. The summed E-state index contributed by atoms with van der Waals surface area (Å²) in [5.74, 6) is -0.298. The number of fused-ring (bicyclic) bond motifs is 1. The fourth-order valence-corrected chi connectivity index (χ4v) is 3.88. The van der Waals surface area contributed by atoms with E-state index in [2.05, 4.69) is 33.1 Å². The molecule has 1 heterocycles. The van der Waals surface area contributed by atoms with Gasteiger partial charge in [0.2, 0.25) is 0 Å².